The molecule has 0 saturated heterocycles. The van der Waals surface area contributed by atoms with Crippen LogP contribution in [0.3, 0.4) is 0 Å². The predicted octanol–water partition coefficient (Wildman–Crippen LogP) is 5.96. The second-order valence-corrected chi connectivity index (χ2v) is 9.20. The Morgan fingerprint density at radius 2 is 1.78 bits per heavy atom. The number of aliphatic imine (C=N–C) groups is 1. The summed E-state index contributed by atoms with van der Waals surface area (Å²) in [6.45, 7) is 5.80. The van der Waals surface area contributed by atoms with Crippen LogP contribution in [0, 0.1) is 17.5 Å². The molecule has 186 valence electrons. The molecule has 0 atom stereocenters. The van der Waals surface area contributed by atoms with E-state index in [1.165, 1.54) is 18.2 Å². The lowest BCUT2D eigenvalue weighted by atomic mass is 9.93. The van der Waals surface area contributed by atoms with Gasteiger partial charge in [0.2, 0.25) is 5.96 Å². The Labute approximate surface area is 208 Å². The van der Waals surface area contributed by atoms with Crippen molar-refractivity contribution in [2.75, 3.05) is 5.32 Å². The minimum absolute atomic E-state index is 0.0140. The van der Waals surface area contributed by atoms with E-state index in [9.17, 15) is 18.0 Å². The fraction of sp³-hybridized carbons (Fsp3) is 0.167. The summed E-state index contributed by atoms with van der Waals surface area (Å²) in [5, 5.41) is 15.8. The van der Waals surface area contributed by atoms with Crippen molar-refractivity contribution in [3.05, 3.63) is 82.3 Å². The van der Waals surface area contributed by atoms with Gasteiger partial charge in [0.15, 0.2) is 11.6 Å². The lowest BCUT2D eigenvalue weighted by Gasteiger charge is -2.12. The van der Waals surface area contributed by atoms with Crippen LogP contribution in [0.4, 0.5) is 24.8 Å². The molecule has 0 unspecified atom stereocenters. The zero-order valence-corrected chi connectivity index (χ0v) is 20.0. The minimum atomic E-state index is -0.763. The standard InChI is InChI=1S/C24H20ClF3N6O2/c1-24(2,3)19-11-21(34-36-19)30-23(31-22(35)12-4-5-16(25)17(28)8-12)29-20-10-18(32-33-20)13-6-14(26)9-15(27)7-13/h4-11H,1-3H3,(H3,29,30,31,32,33,34,35). The first-order chi connectivity index (χ1) is 17.0. The third kappa shape index (κ3) is 5.92. The van der Waals surface area contributed by atoms with Crippen LogP contribution < -0.4 is 10.6 Å². The van der Waals surface area contributed by atoms with Crippen LogP contribution in [0.1, 0.15) is 36.9 Å². The van der Waals surface area contributed by atoms with Gasteiger partial charge >= 0.3 is 0 Å². The summed E-state index contributed by atoms with van der Waals surface area (Å²) < 4.78 is 46.4. The molecule has 0 radical (unpaired) electrons. The van der Waals surface area contributed by atoms with Gasteiger partial charge in [-0.3, -0.25) is 15.2 Å². The number of halogens is 4. The summed E-state index contributed by atoms with van der Waals surface area (Å²) in [5.74, 6) is -2.20. The first-order valence-corrected chi connectivity index (χ1v) is 11.0. The molecule has 0 fully saturated rings. The number of rotatable bonds is 4. The van der Waals surface area contributed by atoms with Gasteiger partial charge in [0.1, 0.15) is 23.2 Å². The minimum Gasteiger partial charge on any atom is -0.359 e. The van der Waals surface area contributed by atoms with Gasteiger partial charge in [0, 0.05) is 34.7 Å². The Morgan fingerprint density at radius 3 is 2.42 bits per heavy atom. The van der Waals surface area contributed by atoms with Gasteiger partial charge in [-0.2, -0.15) is 10.1 Å². The smallest absolute Gasteiger partial charge is 0.258 e. The van der Waals surface area contributed by atoms with Crippen molar-refractivity contribution in [2.24, 2.45) is 4.99 Å². The van der Waals surface area contributed by atoms with E-state index in [1.807, 2.05) is 20.8 Å². The van der Waals surface area contributed by atoms with Crippen molar-refractivity contribution < 1.29 is 22.5 Å². The van der Waals surface area contributed by atoms with E-state index in [0.29, 0.717) is 5.76 Å². The first-order valence-electron chi connectivity index (χ1n) is 10.6. The number of carbonyl (C=O) groups excluding carboxylic acids is 1. The van der Waals surface area contributed by atoms with Crippen LogP contribution in [0.25, 0.3) is 11.3 Å². The van der Waals surface area contributed by atoms with Crippen LogP contribution >= 0.6 is 11.6 Å². The van der Waals surface area contributed by atoms with Crippen molar-refractivity contribution in [3.8, 4) is 11.3 Å². The number of hydrogen-bond donors (Lipinski definition) is 3. The van der Waals surface area contributed by atoms with E-state index >= 15 is 0 Å². The zero-order chi connectivity index (χ0) is 26.0. The molecular weight excluding hydrogens is 497 g/mol. The van der Waals surface area contributed by atoms with E-state index in [-0.39, 0.29) is 44.9 Å². The molecule has 8 nitrogen and oxygen atoms in total. The van der Waals surface area contributed by atoms with E-state index in [2.05, 4.69) is 31.0 Å². The van der Waals surface area contributed by atoms with Gasteiger partial charge in [-0.1, -0.05) is 37.5 Å². The molecule has 2 aromatic heterocycles. The number of hydrogen-bond acceptors (Lipinski definition) is 5. The highest BCUT2D eigenvalue weighted by atomic mass is 35.5. The molecule has 0 aliphatic rings. The molecule has 4 rings (SSSR count). The molecule has 0 saturated carbocycles. The Kier molecular flexibility index (Phi) is 6.84. The van der Waals surface area contributed by atoms with E-state index in [1.54, 1.807) is 6.07 Å². The molecule has 0 spiro atoms. The molecule has 4 aromatic rings. The lowest BCUT2D eigenvalue weighted by molar-refractivity contribution is 0.0976. The molecule has 0 aliphatic heterocycles. The molecule has 0 bridgehead atoms. The fourth-order valence-electron chi connectivity index (χ4n) is 3.05. The van der Waals surface area contributed by atoms with Crippen molar-refractivity contribution in [3.63, 3.8) is 0 Å². The van der Waals surface area contributed by atoms with Crippen LogP contribution in [-0.4, -0.2) is 27.2 Å². The average Bonchev–Trinajstić information content (AvgIpc) is 3.44. The topological polar surface area (TPSA) is 108 Å². The largest absolute Gasteiger partial charge is 0.359 e. The van der Waals surface area contributed by atoms with Gasteiger partial charge in [-0.05, 0) is 30.3 Å². The Hall–Kier alpha value is -4.12. The van der Waals surface area contributed by atoms with E-state index < -0.39 is 23.4 Å². The van der Waals surface area contributed by atoms with Gasteiger partial charge in [-0.25, -0.2) is 13.2 Å². The van der Waals surface area contributed by atoms with Gasteiger partial charge in [-0.15, -0.1) is 0 Å². The number of aromatic nitrogens is 3. The highest BCUT2D eigenvalue weighted by molar-refractivity contribution is 6.30. The molecule has 3 N–H and O–H groups in total. The SMILES string of the molecule is CC(C)(C)c1cc(NC(=Nc2cc(-c3cc(F)cc(F)c3)[nH]n2)NC(=O)c2ccc(Cl)c(F)c2)no1. The number of amides is 1. The number of nitrogens with zero attached hydrogens (tertiary/aromatic N) is 3. The highest BCUT2D eigenvalue weighted by Crippen LogP contribution is 2.26. The van der Waals surface area contributed by atoms with Crippen LogP contribution in [0.15, 0.2) is 58.0 Å². The van der Waals surface area contributed by atoms with E-state index in [4.69, 9.17) is 16.1 Å². The lowest BCUT2D eigenvalue weighted by Crippen LogP contribution is -2.36. The van der Waals surface area contributed by atoms with Gasteiger partial charge < -0.3 is 9.84 Å². The summed E-state index contributed by atoms with van der Waals surface area (Å²) in [7, 11) is 0. The number of guanidine groups is 1. The molecule has 36 heavy (non-hydrogen) atoms. The van der Waals surface area contributed by atoms with Crippen LogP contribution in [0.2, 0.25) is 5.02 Å². The predicted molar refractivity (Wildman–Crippen MR) is 129 cm³/mol. The third-order valence-corrected chi connectivity index (χ3v) is 5.18. The normalized spacial score (nSPS) is 12.0. The molecule has 1 amide bonds. The second kappa shape index (κ2) is 9.86. The Balaban J connectivity index is 1.65. The zero-order valence-electron chi connectivity index (χ0n) is 19.3. The number of anilines is 1. The summed E-state index contributed by atoms with van der Waals surface area (Å²) in [6.07, 6.45) is 0. The number of H-pyrrole nitrogens is 1. The Bertz CT molecular complexity index is 1440. The van der Waals surface area contributed by atoms with Crippen LogP contribution in [0.5, 0.6) is 0 Å². The number of nitrogens with one attached hydrogen (secondary N) is 3. The van der Waals surface area contributed by atoms with Gasteiger partial charge in [0.05, 0.1) is 10.7 Å². The highest BCUT2D eigenvalue weighted by Gasteiger charge is 2.21. The van der Waals surface area contributed by atoms with Gasteiger partial charge in [0.25, 0.3) is 5.91 Å². The monoisotopic (exact) mass is 516 g/mol. The molecule has 12 heteroatoms. The van der Waals surface area contributed by atoms with Crippen LogP contribution in [-0.2, 0) is 5.41 Å². The maximum absolute atomic E-state index is 13.9. The van der Waals surface area contributed by atoms with E-state index in [0.717, 1.165) is 24.3 Å². The summed E-state index contributed by atoms with van der Waals surface area (Å²) in [5.41, 5.74) is 0.156. The third-order valence-electron chi connectivity index (χ3n) is 4.87. The van der Waals surface area contributed by atoms with Crippen molar-refractivity contribution in [1.29, 1.82) is 0 Å². The molecular formula is C24H20ClF3N6O2. The average molecular weight is 517 g/mol. The fourth-order valence-corrected chi connectivity index (χ4v) is 3.17. The first kappa shape index (κ1) is 25.0. The number of carbonyl (C=O) groups is 1. The summed E-state index contributed by atoms with van der Waals surface area (Å²) >= 11 is 5.70. The quantitative estimate of drug-likeness (QED) is 0.229. The molecule has 2 aromatic carbocycles. The Morgan fingerprint density at radius 1 is 1.06 bits per heavy atom. The summed E-state index contributed by atoms with van der Waals surface area (Å²) in [4.78, 5) is 17.0. The van der Waals surface area contributed by atoms with Crippen molar-refractivity contribution in [1.82, 2.24) is 20.7 Å². The summed E-state index contributed by atoms with van der Waals surface area (Å²) in [6, 6.07) is 9.64. The van der Waals surface area contributed by atoms with Crippen molar-refractivity contribution >= 4 is 35.1 Å². The maximum atomic E-state index is 13.9. The van der Waals surface area contributed by atoms with Crippen molar-refractivity contribution in [2.45, 2.75) is 26.2 Å². The number of aromatic amines is 1. The molecule has 2 heterocycles. The second-order valence-electron chi connectivity index (χ2n) is 8.79. The maximum Gasteiger partial charge on any atom is 0.258 e. The number of benzene rings is 2. The molecule has 0 aliphatic carbocycles.